The molecule has 1 aromatic carbocycles. The van der Waals surface area contributed by atoms with E-state index in [9.17, 15) is 9.59 Å². The van der Waals surface area contributed by atoms with Gasteiger partial charge in [0, 0.05) is 20.3 Å². The van der Waals surface area contributed by atoms with Gasteiger partial charge in [0.2, 0.25) is 0 Å². The fourth-order valence-electron chi connectivity index (χ4n) is 2.21. The molecule has 1 fully saturated rings. The number of carbonyl (C=O) groups is 2. The molecule has 7 heteroatoms. The summed E-state index contributed by atoms with van der Waals surface area (Å²) in [5.74, 6) is 0.336. The van der Waals surface area contributed by atoms with Gasteiger partial charge in [-0.05, 0) is 55.3 Å². The summed E-state index contributed by atoms with van der Waals surface area (Å²) in [5, 5.41) is 0.226. The third-order valence-electron chi connectivity index (χ3n) is 3.76. The van der Waals surface area contributed by atoms with Crippen LogP contribution in [-0.4, -0.2) is 42.4 Å². The maximum atomic E-state index is 12.4. The second-order valence-corrected chi connectivity index (χ2v) is 7.11. The molecule has 0 aliphatic carbocycles. The van der Waals surface area contributed by atoms with Gasteiger partial charge in [0.05, 0.1) is 16.0 Å². The van der Waals surface area contributed by atoms with Crippen molar-refractivity contribution in [3.05, 3.63) is 33.7 Å². The molecule has 2 rings (SSSR count). The van der Waals surface area contributed by atoms with Gasteiger partial charge in [0.1, 0.15) is 5.75 Å². The fraction of sp³-hybridized carbons (Fsp3) is 0.444. The molecular weight excluding hydrogens is 362 g/mol. The Bertz CT molecular complexity index is 677. The Balaban J connectivity index is 2.11. The van der Waals surface area contributed by atoms with E-state index < -0.39 is 0 Å². The zero-order chi connectivity index (χ0) is 18.4. The smallest absolute Gasteiger partial charge is 0.293 e. The predicted molar refractivity (Wildman–Crippen MR) is 101 cm³/mol. The van der Waals surface area contributed by atoms with Crippen molar-refractivity contribution in [2.75, 3.05) is 20.3 Å². The second-order valence-electron chi connectivity index (χ2n) is 5.71. The highest BCUT2D eigenvalue weighted by atomic mass is 35.5. The minimum atomic E-state index is -0.276. The third kappa shape index (κ3) is 5.23. The largest absolute Gasteiger partial charge is 0.489 e. The van der Waals surface area contributed by atoms with Crippen LogP contribution in [-0.2, 0) is 9.53 Å². The van der Waals surface area contributed by atoms with Crippen LogP contribution < -0.4 is 4.74 Å². The summed E-state index contributed by atoms with van der Waals surface area (Å²) < 4.78 is 10.7. The molecule has 0 bridgehead atoms. The number of hydrogen-bond acceptors (Lipinski definition) is 5. The lowest BCUT2D eigenvalue weighted by atomic mass is 10.2. The van der Waals surface area contributed by atoms with Crippen molar-refractivity contribution in [3.63, 3.8) is 0 Å². The van der Waals surface area contributed by atoms with Crippen LogP contribution in [0.4, 0.5) is 4.79 Å². The number of carbonyl (C=O) groups excluding carboxylic acids is 2. The van der Waals surface area contributed by atoms with E-state index in [1.165, 1.54) is 4.90 Å². The van der Waals surface area contributed by atoms with E-state index in [-0.39, 0.29) is 17.3 Å². The van der Waals surface area contributed by atoms with Crippen LogP contribution in [0.1, 0.15) is 32.3 Å². The summed E-state index contributed by atoms with van der Waals surface area (Å²) in [6, 6.07) is 5.34. The average molecular weight is 384 g/mol. The summed E-state index contributed by atoms with van der Waals surface area (Å²) in [7, 11) is 1.59. The molecule has 25 heavy (non-hydrogen) atoms. The first-order valence-corrected chi connectivity index (χ1v) is 9.36. The number of rotatable bonds is 8. The average Bonchev–Trinajstić information content (AvgIpc) is 2.84. The molecule has 5 nitrogen and oxygen atoms in total. The van der Waals surface area contributed by atoms with Crippen molar-refractivity contribution in [2.45, 2.75) is 32.8 Å². The van der Waals surface area contributed by atoms with Gasteiger partial charge in [0.25, 0.3) is 11.1 Å². The Morgan fingerprint density at radius 2 is 2.12 bits per heavy atom. The Morgan fingerprint density at radius 3 is 2.76 bits per heavy atom. The van der Waals surface area contributed by atoms with Crippen LogP contribution in [0.25, 0.3) is 6.08 Å². The molecule has 0 spiro atoms. The zero-order valence-corrected chi connectivity index (χ0v) is 16.2. The van der Waals surface area contributed by atoms with Crippen molar-refractivity contribution in [2.24, 2.45) is 0 Å². The van der Waals surface area contributed by atoms with Gasteiger partial charge >= 0.3 is 0 Å². The van der Waals surface area contributed by atoms with Gasteiger partial charge in [-0.1, -0.05) is 24.6 Å². The molecule has 136 valence electrons. The van der Waals surface area contributed by atoms with Gasteiger partial charge in [-0.2, -0.15) is 0 Å². The Hall–Kier alpha value is -1.50. The minimum absolute atomic E-state index is 0.0759. The fourth-order valence-corrected chi connectivity index (χ4v) is 3.31. The van der Waals surface area contributed by atoms with E-state index in [1.54, 1.807) is 25.3 Å². The lowest BCUT2D eigenvalue weighted by Crippen LogP contribution is -2.29. The summed E-state index contributed by atoms with van der Waals surface area (Å²) in [6.07, 6.45) is 3.26. The number of thioether (sulfide) groups is 1. The maximum Gasteiger partial charge on any atom is 0.293 e. The number of hydrogen-bond donors (Lipinski definition) is 0. The molecule has 0 unspecified atom stereocenters. The van der Waals surface area contributed by atoms with Gasteiger partial charge < -0.3 is 9.47 Å². The predicted octanol–water partition coefficient (Wildman–Crippen LogP) is 4.59. The Kier molecular flexibility index (Phi) is 7.35. The van der Waals surface area contributed by atoms with Crippen molar-refractivity contribution < 1.29 is 19.1 Å². The summed E-state index contributed by atoms with van der Waals surface area (Å²) in [4.78, 5) is 26.0. The number of ether oxygens (including phenoxy) is 2. The number of benzene rings is 1. The highest BCUT2D eigenvalue weighted by molar-refractivity contribution is 8.18. The van der Waals surface area contributed by atoms with Gasteiger partial charge in [-0.15, -0.1) is 0 Å². The van der Waals surface area contributed by atoms with E-state index >= 15 is 0 Å². The highest BCUT2D eigenvalue weighted by Crippen LogP contribution is 2.34. The molecule has 1 saturated heterocycles. The first-order valence-electron chi connectivity index (χ1n) is 8.16. The second kappa shape index (κ2) is 9.27. The van der Waals surface area contributed by atoms with Crippen LogP contribution in [0.5, 0.6) is 5.75 Å². The van der Waals surface area contributed by atoms with Crippen molar-refractivity contribution in [1.82, 2.24) is 4.90 Å². The highest BCUT2D eigenvalue weighted by Gasteiger charge is 2.34. The molecule has 1 aliphatic rings. The third-order valence-corrected chi connectivity index (χ3v) is 4.96. The van der Waals surface area contributed by atoms with Gasteiger partial charge in [-0.3, -0.25) is 14.5 Å². The number of amides is 2. The Morgan fingerprint density at radius 1 is 1.36 bits per heavy atom. The minimum Gasteiger partial charge on any atom is -0.489 e. The van der Waals surface area contributed by atoms with Crippen LogP contribution in [0.3, 0.4) is 0 Å². The first kappa shape index (κ1) is 19.8. The quantitative estimate of drug-likeness (QED) is 0.485. The molecule has 0 aromatic heterocycles. The van der Waals surface area contributed by atoms with Gasteiger partial charge in [0.15, 0.2) is 0 Å². The number of halogens is 1. The van der Waals surface area contributed by atoms with Gasteiger partial charge in [-0.25, -0.2) is 0 Å². The number of imide groups is 1. The SMILES string of the molecule is CC[C@H](C)Oc1ccc(/C=C2/SC(=O)N(CCCOC)C2=O)cc1Cl. The number of nitrogens with zero attached hydrogens (tertiary/aromatic N) is 1. The van der Waals surface area contributed by atoms with E-state index in [4.69, 9.17) is 21.1 Å². The van der Waals surface area contributed by atoms with Crippen LogP contribution >= 0.6 is 23.4 Å². The maximum absolute atomic E-state index is 12.4. The molecule has 0 N–H and O–H groups in total. The molecule has 2 amide bonds. The van der Waals surface area contributed by atoms with Crippen LogP contribution in [0, 0.1) is 0 Å². The lowest BCUT2D eigenvalue weighted by molar-refractivity contribution is -0.122. The lowest BCUT2D eigenvalue weighted by Gasteiger charge is -2.14. The monoisotopic (exact) mass is 383 g/mol. The molecule has 0 radical (unpaired) electrons. The van der Waals surface area contributed by atoms with Crippen molar-refractivity contribution >= 4 is 40.6 Å². The molecule has 1 aliphatic heterocycles. The Labute approximate surface area is 157 Å². The normalized spacial score (nSPS) is 17.4. The van der Waals surface area contributed by atoms with E-state index in [2.05, 4.69) is 0 Å². The molecule has 0 saturated carbocycles. The standard InChI is InChI=1S/C18H22ClNO4S/c1-4-12(2)24-15-7-6-13(10-14(15)19)11-16-17(21)20(18(22)25-16)8-5-9-23-3/h6-7,10-12H,4-5,8-9H2,1-3H3/b16-11+/t12-/m0/s1. The summed E-state index contributed by atoms with van der Waals surface area (Å²) >= 11 is 7.20. The molecular formula is C18H22ClNO4S. The summed E-state index contributed by atoms with van der Waals surface area (Å²) in [6.45, 7) is 4.88. The van der Waals surface area contributed by atoms with Crippen LogP contribution in [0.15, 0.2) is 23.1 Å². The van der Waals surface area contributed by atoms with Crippen molar-refractivity contribution in [1.29, 1.82) is 0 Å². The van der Waals surface area contributed by atoms with Crippen molar-refractivity contribution in [3.8, 4) is 5.75 Å². The molecule has 1 atom stereocenters. The van der Waals surface area contributed by atoms with E-state index in [0.717, 1.165) is 23.7 Å². The van der Waals surface area contributed by atoms with Crippen LogP contribution in [0.2, 0.25) is 5.02 Å². The molecule has 1 heterocycles. The number of methoxy groups -OCH3 is 1. The first-order chi connectivity index (χ1) is 12.0. The zero-order valence-electron chi connectivity index (χ0n) is 14.6. The van der Waals surface area contributed by atoms with E-state index in [1.807, 2.05) is 19.9 Å². The summed E-state index contributed by atoms with van der Waals surface area (Å²) in [5.41, 5.74) is 0.754. The van der Waals surface area contributed by atoms with E-state index in [0.29, 0.717) is 35.2 Å². The molecule has 1 aromatic rings. The topological polar surface area (TPSA) is 55.8 Å².